The Hall–Kier alpha value is -4.38. The molecule has 4 aromatic rings. The van der Waals surface area contributed by atoms with Crippen LogP contribution in [0.5, 0.6) is 5.75 Å². The Morgan fingerprint density at radius 2 is 1.83 bits per heavy atom. The summed E-state index contributed by atoms with van der Waals surface area (Å²) >= 11 is 0.920. The minimum absolute atomic E-state index is 0.0830. The second-order valence-corrected chi connectivity index (χ2v) is 8.70. The molecule has 2 aromatic carbocycles. The first-order chi connectivity index (χ1) is 16.9. The second kappa shape index (κ2) is 8.76. The van der Waals surface area contributed by atoms with E-state index in [1.807, 2.05) is 6.92 Å². The predicted octanol–water partition coefficient (Wildman–Crippen LogP) is 1.12. The van der Waals surface area contributed by atoms with Gasteiger partial charge in [0, 0.05) is 11.3 Å². The van der Waals surface area contributed by atoms with Crippen LogP contribution in [0.15, 0.2) is 58.1 Å². The van der Waals surface area contributed by atoms with Gasteiger partial charge in [-0.1, -0.05) is 29.5 Å². The van der Waals surface area contributed by atoms with Crippen LogP contribution in [0.4, 0.5) is 11.4 Å². The van der Waals surface area contributed by atoms with Crippen LogP contribution in [-0.4, -0.2) is 39.6 Å². The molecule has 2 aromatic heterocycles. The van der Waals surface area contributed by atoms with Crippen molar-refractivity contribution in [3.05, 3.63) is 85.0 Å². The number of fused-ring (bicyclic) bond motifs is 2. The molecule has 10 nitrogen and oxygen atoms in total. The van der Waals surface area contributed by atoms with E-state index in [-0.39, 0.29) is 27.3 Å². The molecule has 0 bridgehead atoms. The molecule has 11 heteroatoms. The number of anilines is 2. The number of nitrogens with one attached hydrogen (secondary N) is 1. The second-order valence-electron chi connectivity index (χ2n) is 7.72. The maximum atomic E-state index is 13.5. The van der Waals surface area contributed by atoms with Crippen molar-refractivity contribution < 1.29 is 14.3 Å². The topological polar surface area (TPSA) is 123 Å². The third kappa shape index (κ3) is 3.95. The van der Waals surface area contributed by atoms with Crippen molar-refractivity contribution >= 4 is 45.1 Å². The molecule has 1 aliphatic rings. The molecular weight excluding hydrogens is 470 g/mol. The monoisotopic (exact) mass is 489 g/mol. The molecule has 3 heterocycles. The number of amides is 2. The molecule has 176 valence electrons. The highest BCUT2D eigenvalue weighted by atomic mass is 32.1. The lowest BCUT2D eigenvalue weighted by Crippen LogP contribution is -2.37. The van der Waals surface area contributed by atoms with E-state index in [9.17, 15) is 19.2 Å². The average molecular weight is 490 g/mol. The molecule has 0 spiro atoms. The molecule has 0 radical (unpaired) electrons. The van der Waals surface area contributed by atoms with Gasteiger partial charge in [0.25, 0.3) is 17.0 Å². The Balaban J connectivity index is 1.51. The Morgan fingerprint density at radius 3 is 2.57 bits per heavy atom. The fraction of sp³-hybridized carbons (Fsp3) is 0.167. The quantitative estimate of drug-likeness (QED) is 0.446. The summed E-state index contributed by atoms with van der Waals surface area (Å²) in [5.74, 6) is -0.204. The molecular formula is C24H19N5O5S. The summed E-state index contributed by atoms with van der Waals surface area (Å²) in [5, 5.41) is 6.78. The normalized spacial score (nSPS) is 14.3. The highest BCUT2D eigenvalue weighted by Crippen LogP contribution is 2.35. The number of ether oxygens (including phenoxy) is 1. The summed E-state index contributed by atoms with van der Waals surface area (Å²) in [7, 11) is 0. The summed E-state index contributed by atoms with van der Waals surface area (Å²) in [6.07, 6.45) is 0. The summed E-state index contributed by atoms with van der Waals surface area (Å²) in [5.41, 5.74) is 0.758. The van der Waals surface area contributed by atoms with Gasteiger partial charge in [-0.05, 0) is 44.2 Å². The number of para-hydroxylation sites is 1. The minimum Gasteiger partial charge on any atom is -0.494 e. The minimum atomic E-state index is -0.542. The lowest BCUT2D eigenvalue weighted by atomic mass is 10.1. The van der Waals surface area contributed by atoms with Gasteiger partial charge in [-0.25, -0.2) is 0 Å². The smallest absolute Gasteiger partial charge is 0.295 e. The van der Waals surface area contributed by atoms with Crippen molar-refractivity contribution in [2.24, 2.45) is 0 Å². The molecule has 2 amide bonds. The van der Waals surface area contributed by atoms with E-state index in [1.165, 1.54) is 11.8 Å². The first kappa shape index (κ1) is 22.4. The lowest BCUT2D eigenvalue weighted by molar-refractivity contribution is -0.118. The van der Waals surface area contributed by atoms with Gasteiger partial charge in [0.15, 0.2) is 0 Å². The lowest BCUT2D eigenvalue weighted by Gasteiger charge is -2.16. The average Bonchev–Trinajstić information content (AvgIpc) is 3.29. The van der Waals surface area contributed by atoms with Crippen LogP contribution in [0.25, 0.3) is 10.5 Å². The Morgan fingerprint density at radius 1 is 1.09 bits per heavy atom. The third-order valence-corrected chi connectivity index (χ3v) is 6.45. The number of benzene rings is 2. The number of thiazole rings is 1. The predicted molar refractivity (Wildman–Crippen MR) is 131 cm³/mol. The van der Waals surface area contributed by atoms with Crippen LogP contribution in [0.1, 0.15) is 18.2 Å². The van der Waals surface area contributed by atoms with E-state index in [4.69, 9.17) is 4.74 Å². The largest absolute Gasteiger partial charge is 0.494 e. The van der Waals surface area contributed by atoms with E-state index in [0.717, 1.165) is 15.9 Å². The van der Waals surface area contributed by atoms with Gasteiger partial charge >= 0.3 is 0 Å². The third-order valence-electron chi connectivity index (χ3n) is 5.42. The number of hydrogen-bond acceptors (Lipinski definition) is 8. The Labute approximate surface area is 202 Å². The van der Waals surface area contributed by atoms with Crippen molar-refractivity contribution in [2.45, 2.75) is 13.8 Å². The Kier molecular flexibility index (Phi) is 5.61. The maximum absolute atomic E-state index is 13.5. The Bertz CT molecular complexity index is 1660. The van der Waals surface area contributed by atoms with Crippen LogP contribution in [0.2, 0.25) is 0 Å². The fourth-order valence-electron chi connectivity index (χ4n) is 3.84. The highest BCUT2D eigenvalue weighted by molar-refractivity contribution is 7.15. The van der Waals surface area contributed by atoms with Gasteiger partial charge in [0.1, 0.15) is 22.5 Å². The van der Waals surface area contributed by atoms with Crippen LogP contribution in [0.3, 0.4) is 0 Å². The van der Waals surface area contributed by atoms with Gasteiger partial charge in [-0.15, -0.1) is 0 Å². The number of aryl methyl sites for hydroxylation is 1. The molecule has 0 saturated carbocycles. The van der Waals surface area contributed by atoms with Crippen LogP contribution >= 0.6 is 11.3 Å². The molecule has 5 rings (SSSR count). The fourth-order valence-corrected chi connectivity index (χ4v) is 4.83. The molecule has 0 unspecified atom stereocenters. The zero-order valence-corrected chi connectivity index (χ0v) is 19.6. The first-order valence-electron chi connectivity index (χ1n) is 10.8. The van der Waals surface area contributed by atoms with E-state index >= 15 is 0 Å². The number of rotatable bonds is 5. The molecule has 35 heavy (non-hydrogen) atoms. The molecule has 0 fully saturated rings. The van der Waals surface area contributed by atoms with E-state index in [1.54, 1.807) is 48.5 Å². The summed E-state index contributed by atoms with van der Waals surface area (Å²) in [4.78, 5) is 56.6. The van der Waals surface area contributed by atoms with Crippen molar-refractivity contribution in [3.8, 4) is 5.75 Å². The van der Waals surface area contributed by atoms with Gasteiger partial charge in [-0.3, -0.25) is 24.1 Å². The van der Waals surface area contributed by atoms with E-state index in [2.05, 4.69) is 15.4 Å². The van der Waals surface area contributed by atoms with Gasteiger partial charge < -0.3 is 10.1 Å². The maximum Gasteiger partial charge on any atom is 0.295 e. The van der Waals surface area contributed by atoms with Gasteiger partial charge in [0.2, 0.25) is 10.9 Å². The SMILES string of the molecule is CCOc1ccc(NC(=O)CN2C(=O)/C(=c3\sc4nc(=O)c(C)nn4c3=O)c3ccccc32)cc1. The van der Waals surface area contributed by atoms with Gasteiger partial charge in [-0.2, -0.15) is 14.6 Å². The van der Waals surface area contributed by atoms with E-state index < -0.39 is 22.9 Å². The summed E-state index contributed by atoms with van der Waals surface area (Å²) in [6, 6.07) is 13.8. The number of hydrogen-bond donors (Lipinski definition) is 1. The molecule has 1 N–H and O–H groups in total. The zero-order valence-electron chi connectivity index (χ0n) is 18.8. The van der Waals surface area contributed by atoms with Crippen molar-refractivity contribution in [1.82, 2.24) is 14.6 Å². The molecule has 0 atom stereocenters. The zero-order chi connectivity index (χ0) is 24.7. The van der Waals surface area contributed by atoms with Gasteiger partial charge in [0.05, 0.1) is 17.9 Å². The van der Waals surface area contributed by atoms with Crippen LogP contribution in [0, 0.1) is 6.92 Å². The molecule has 1 aliphatic heterocycles. The van der Waals surface area contributed by atoms with E-state index in [0.29, 0.717) is 29.3 Å². The summed E-state index contributed by atoms with van der Waals surface area (Å²) in [6.45, 7) is 3.63. The first-order valence-corrected chi connectivity index (χ1v) is 11.6. The van der Waals surface area contributed by atoms with Crippen molar-refractivity contribution in [1.29, 1.82) is 0 Å². The number of aromatic nitrogens is 3. The number of carbonyl (C=O) groups excluding carboxylic acids is 2. The molecule has 0 saturated heterocycles. The van der Waals surface area contributed by atoms with Crippen LogP contribution < -0.4 is 30.6 Å². The number of carbonyl (C=O) groups is 2. The highest BCUT2D eigenvalue weighted by Gasteiger charge is 2.35. The van der Waals surface area contributed by atoms with Crippen molar-refractivity contribution in [3.63, 3.8) is 0 Å². The molecule has 0 aliphatic carbocycles. The van der Waals surface area contributed by atoms with Crippen molar-refractivity contribution in [2.75, 3.05) is 23.4 Å². The van der Waals surface area contributed by atoms with Crippen LogP contribution in [-0.2, 0) is 9.59 Å². The summed E-state index contributed by atoms with van der Waals surface area (Å²) < 4.78 is 6.55. The standard InChI is InChI=1S/C24H19N5O5S/c1-3-34-15-10-8-14(9-11-15)25-18(30)12-28-17-7-5-4-6-16(17)19(22(28)32)20-23(33)29-24(35-20)26-21(31)13(2)27-29/h4-11H,3,12H2,1-2H3,(H,25,30)/b20-19-. The number of nitrogens with zero attached hydrogens (tertiary/aromatic N) is 4.